The van der Waals surface area contributed by atoms with Gasteiger partial charge in [-0.15, -0.1) is 0 Å². The van der Waals surface area contributed by atoms with Crippen LogP contribution in [0, 0.1) is 22.0 Å². The molecule has 4 heterocycles. The zero-order chi connectivity index (χ0) is 40.1. The Balaban J connectivity index is 0.961. The van der Waals surface area contributed by atoms with Crippen LogP contribution in [0.3, 0.4) is 0 Å². The maximum absolute atomic E-state index is 13.7. The monoisotopic (exact) mass is 804 g/mol. The highest BCUT2D eigenvalue weighted by Crippen LogP contribution is 2.37. The van der Waals surface area contributed by atoms with Gasteiger partial charge in [-0.2, -0.15) is 0 Å². The van der Waals surface area contributed by atoms with Crippen molar-refractivity contribution in [3.63, 3.8) is 0 Å². The molecule has 5 aliphatic rings. The topological polar surface area (TPSA) is 147 Å². The molecule has 0 spiro atoms. The number of benzene rings is 4. The van der Waals surface area contributed by atoms with E-state index in [-0.39, 0.29) is 23.5 Å². The Kier molecular flexibility index (Phi) is 11.6. The number of rotatable bonds is 13. The van der Waals surface area contributed by atoms with Crippen molar-refractivity contribution in [3.05, 3.63) is 136 Å². The van der Waals surface area contributed by atoms with Crippen molar-refractivity contribution < 1.29 is 27.6 Å². The molecule has 0 unspecified atom stereocenters. The SMILES string of the molecule is O=C(NS(=O)(=O)c1ccc(NCC2=CCOC=C2)c([N+](=O)[O-])c1)c1ccc(N2CCN(Cc3ccccc3N3CC4CCC(CC4)C3)CC2)cc1Oc1ccccc1. The second-order valence-corrected chi connectivity index (χ2v) is 17.1. The number of fused-ring (bicyclic) bond motifs is 4. The Morgan fingerprint density at radius 3 is 2.29 bits per heavy atom. The largest absolute Gasteiger partial charge is 0.497 e. The smallest absolute Gasteiger partial charge is 0.293 e. The van der Waals surface area contributed by atoms with Gasteiger partial charge in [-0.3, -0.25) is 19.8 Å². The fourth-order valence-corrected chi connectivity index (χ4v) is 9.39. The molecule has 58 heavy (non-hydrogen) atoms. The quantitative estimate of drug-likeness (QED) is 0.103. The number of nitrogens with zero attached hydrogens (tertiary/aromatic N) is 4. The summed E-state index contributed by atoms with van der Waals surface area (Å²) in [5.74, 6) is 1.31. The highest BCUT2D eigenvalue weighted by molar-refractivity contribution is 7.90. The van der Waals surface area contributed by atoms with Crippen LogP contribution in [-0.2, 0) is 21.3 Å². The fraction of sp³-hybridized carbons (Fsp3) is 0.341. The van der Waals surface area contributed by atoms with Crippen LogP contribution >= 0.6 is 0 Å². The normalized spacial score (nSPS) is 19.5. The number of hydrogen-bond donors (Lipinski definition) is 2. The summed E-state index contributed by atoms with van der Waals surface area (Å²) in [5.41, 5.74) is 4.12. The Hall–Kier alpha value is -5.86. The third-order valence-electron chi connectivity index (χ3n) is 11.6. The van der Waals surface area contributed by atoms with Crippen molar-refractivity contribution in [2.24, 2.45) is 11.8 Å². The molecular weight excluding hydrogens is 757 g/mol. The molecule has 4 aromatic rings. The summed E-state index contributed by atoms with van der Waals surface area (Å²) in [6.07, 6.45) is 10.5. The van der Waals surface area contributed by atoms with Crippen LogP contribution in [0.2, 0.25) is 0 Å². The Labute approximate surface area is 339 Å². The lowest BCUT2D eigenvalue weighted by Crippen LogP contribution is -2.46. The lowest BCUT2D eigenvalue weighted by molar-refractivity contribution is -0.384. The van der Waals surface area contributed by atoms with Gasteiger partial charge in [0.25, 0.3) is 21.6 Å². The van der Waals surface area contributed by atoms with Crippen LogP contribution < -0.4 is 24.6 Å². The lowest BCUT2D eigenvalue weighted by atomic mass is 9.84. The molecule has 4 aromatic carbocycles. The number of hydrogen-bond acceptors (Lipinski definition) is 11. The maximum Gasteiger partial charge on any atom is 0.293 e. The minimum absolute atomic E-state index is 0.000974. The number of anilines is 3. The molecule has 1 saturated carbocycles. The van der Waals surface area contributed by atoms with Gasteiger partial charge in [0.2, 0.25) is 0 Å². The molecule has 3 saturated heterocycles. The molecule has 2 bridgehead atoms. The summed E-state index contributed by atoms with van der Waals surface area (Å²) in [5, 5.41) is 15.0. The summed E-state index contributed by atoms with van der Waals surface area (Å²) < 4.78 is 40.6. The second kappa shape index (κ2) is 17.3. The predicted octanol–water partition coefficient (Wildman–Crippen LogP) is 7.34. The van der Waals surface area contributed by atoms with Crippen LogP contribution in [-0.4, -0.2) is 76.6 Å². The zero-order valence-electron chi connectivity index (χ0n) is 32.3. The first-order valence-corrected chi connectivity index (χ1v) is 21.4. The highest BCUT2D eigenvalue weighted by Gasteiger charge is 2.31. The van der Waals surface area contributed by atoms with Gasteiger partial charge in [-0.1, -0.05) is 36.4 Å². The number of nitro groups is 1. The molecule has 9 rings (SSSR count). The van der Waals surface area contributed by atoms with E-state index in [9.17, 15) is 23.3 Å². The van der Waals surface area contributed by atoms with Gasteiger partial charge in [0, 0.05) is 75.9 Å². The summed E-state index contributed by atoms with van der Waals surface area (Å²) in [4.78, 5) is 32.0. The summed E-state index contributed by atoms with van der Waals surface area (Å²) in [6.45, 7) is 7.04. The Morgan fingerprint density at radius 2 is 1.59 bits per heavy atom. The summed E-state index contributed by atoms with van der Waals surface area (Å²) in [7, 11) is -4.53. The summed E-state index contributed by atoms with van der Waals surface area (Å²) >= 11 is 0. The average molecular weight is 805 g/mol. The first-order valence-electron chi connectivity index (χ1n) is 19.9. The molecule has 0 atom stereocenters. The number of amides is 1. The first-order chi connectivity index (χ1) is 28.2. The average Bonchev–Trinajstić information content (AvgIpc) is 3.58. The van der Waals surface area contributed by atoms with Gasteiger partial charge >= 0.3 is 0 Å². The van der Waals surface area contributed by atoms with E-state index in [0.29, 0.717) is 12.4 Å². The van der Waals surface area contributed by atoms with E-state index in [1.807, 2.05) is 12.1 Å². The first kappa shape index (κ1) is 39.0. The molecule has 1 aliphatic carbocycles. The third-order valence-corrected chi connectivity index (χ3v) is 12.9. The summed E-state index contributed by atoms with van der Waals surface area (Å²) in [6, 6.07) is 26.4. The van der Waals surface area contributed by atoms with Crippen molar-refractivity contribution in [1.82, 2.24) is 9.62 Å². The number of piperazine rings is 1. The lowest BCUT2D eigenvalue weighted by Gasteiger charge is -2.37. The minimum atomic E-state index is -4.53. The molecule has 1 amide bonds. The van der Waals surface area contributed by atoms with Gasteiger partial charge in [-0.05, 0) is 103 Å². The van der Waals surface area contributed by atoms with E-state index in [4.69, 9.17) is 9.47 Å². The second-order valence-electron chi connectivity index (χ2n) is 15.4. The van der Waals surface area contributed by atoms with E-state index in [2.05, 4.69) is 49.0 Å². The van der Waals surface area contributed by atoms with Gasteiger partial charge in [0.15, 0.2) is 0 Å². The number of ether oxygens (including phenoxy) is 2. The van der Waals surface area contributed by atoms with Gasteiger partial charge in [0.1, 0.15) is 23.8 Å². The third kappa shape index (κ3) is 9.13. The van der Waals surface area contributed by atoms with Gasteiger partial charge in [-0.25, -0.2) is 13.1 Å². The number of nitro benzene ring substituents is 1. The van der Waals surface area contributed by atoms with Crippen LogP contribution in [0.5, 0.6) is 11.5 Å². The van der Waals surface area contributed by atoms with Gasteiger partial charge < -0.3 is 24.6 Å². The molecule has 14 heteroatoms. The van der Waals surface area contributed by atoms with E-state index < -0.39 is 31.4 Å². The van der Waals surface area contributed by atoms with Crippen LogP contribution in [0.15, 0.2) is 120 Å². The molecule has 0 aromatic heterocycles. The van der Waals surface area contributed by atoms with Crippen molar-refractivity contribution in [2.75, 3.05) is 67.5 Å². The predicted molar refractivity (Wildman–Crippen MR) is 224 cm³/mol. The number of para-hydroxylation sites is 2. The molecule has 2 N–H and O–H groups in total. The molecule has 0 radical (unpaired) electrons. The van der Waals surface area contributed by atoms with E-state index in [0.717, 1.165) is 75.0 Å². The molecule has 4 fully saturated rings. The minimum Gasteiger partial charge on any atom is -0.497 e. The highest BCUT2D eigenvalue weighted by atomic mass is 32.2. The van der Waals surface area contributed by atoms with Crippen molar-refractivity contribution in [2.45, 2.75) is 37.1 Å². The molecule has 302 valence electrons. The number of nitrogens with one attached hydrogen (secondary N) is 2. The number of sulfonamides is 1. The maximum atomic E-state index is 13.7. The standard InChI is InChI=1S/C44H48N6O7S/c51-44(46-58(54,55)38-15-17-40(42(27-38)50(52)53)45-28-32-18-24-56-25-19-32)39-16-14-36(26-43(39)57-37-7-2-1-3-8-37)48-22-20-47(21-23-48)31-35-6-4-5-9-41(35)49-29-33-10-11-34(30-49)13-12-33/h1-9,14-19,24,26-27,33-34,45H,10-13,20-23,25,28-31H2,(H,46,51). The van der Waals surface area contributed by atoms with Crippen LogP contribution in [0.1, 0.15) is 41.6 Å². The molecular formula is C44H48N6O7S. The molecule has 13 nitrogen and oxygen atoms in total. The van der Waals surface area contributed by atoms with E-state index in [1.54, 1.807) is 48.5 Å². The number of carbonyl (C=O) groups is 1. The Bertz CT molecular complexity index is 2290. The zero-order valence-corrected chi connectivity index (χ0v) is 33.1. The fourth-order valence-electron chi connectivity index (χ4n) is 8.40. The van der Waals surface area contributed by atoms with E-state index in [1.165, 1.54) is 55.3 Å². The number of carbonyl (C=O) groups excluding carboxylic acids is 1. The van der Waals surface area contributed by atoms with Crippen molar-refractivity contribution >= 4 is 38.7 Å². The van der Waals surface area contributed by atoms with Crippen LogP contribution in [0.4, 0.5) is 22.7 Å². The van der Waals surface area contributed by atoms with Crippen LogP contribution in [0.25, 0.3) is 0 Å². The molecule has 4 aliphatic heterocycles. The Morgan fingerprint density at radius 1 is 0.862 bits per heavy atom. The van der Waals surface area contributed by atoms with Crippen molar-refractivity contribution in [3.8, 4) is 11.5 Å². The van der Waals surface area contributed by atoms with E-state index >= 15 is 0 Å². The van der Waals surface area contributed by atoms with Crippen molar-refractivity contribution in [1.29, 1.82) is 0 Å². The van der Waals surface area contributed by atoms with Gasteiger partial charge in [0.05, 0.1) is 21.6 Å².